The van der Waals surface area contributed by atoms with Gasteiger partial charge in [-0.15, -0.1) is 11.8 Å². The number of pyridine rings is 2. The first kappa shape index (κ1) is 23.8. The summed E-state index contributed by atoms with van der Waals surface area (Å²) >= 11 is 1.50. The molecule has 11 heteroatoms. The largest absolute Gasteiger partial charge is 0.491 e. The average Bonchev–Trinajstić information content (AvgIpc) is 3.50. The van der Waals surface area contributed by atoms with Crippen molar-refractivity contribution in [3.63, 3.8) is 0 Å². The highest BCUT2D eigenvalue weighted by Crippen LogP contribution is 2.40. The van der Waals surface area contributed by atoms with E-state index in [2.05, 4.69) is 20.6 Å². The molecule has 2 N–H and O–H groups in total. The predicted octanol–water partition coefficient (Wildman–Crippen LogP) is 3.55. The van der Waals surface area contributed by atoms with Gasteiger partial charge in [-0.05, 0) is 50.2 Å². The Balaban J connectivity index is 1.01. The number of cyclic esters (lactones) is 1. The first-order valence-corrected chi connectivity index (χ1v) is 13.3. The number of hydrogen-bond donors (Lipinski definition) is 2. The number of nitrogens with zero attached hydrogens (tertiary/aromatic N) is 3. The van der Waals surface area contributed by atoms with Gasteiger partial charge >= 0.3 is 6.09 Å². The number of anilines is 2. The van der Waals surface area contributed by atoms with Crippen LogP contribution in [0.25, 0.3) is 11.0 Å². The molecule has 192 valence electrons. The van der Waals surface area contributed by atoms with E-state index in [-0.39, 0.29) is 24.0 Å². The maximum absolute atomic E-state index is 12.5. The van der Waals surface area contributed by atoms with Gasteiger partial charge in [0.2, 0.25) is 11.8 Å². The monoisotopic (exact) mass is 521 g/mol. The standard InChI is InChI=1S/C26H27N5O5S/c1-34-23-5-3-18-25(30-23)24-15(13-35-20(24)11-28-18)6-8-27-9-7-17-12-31(26(33)36-17)16-2-4-21-19(10-16)29-22(32)14-37-21/h2-5,10-11,15,17,27H,6-9,12-14H2,1H3,(H,29,32)/t15-,17?/m0/s1. The molecule has 37 heavy (non-hydrogen) atoms. The van der Waals surface area contributed by atoms with Gasteiger partial charge in [-0.3, -0.25) is 14.7 Å². The first-order chi connectivity index (χ1) is 18.1. The van der Waals surface area contributed by atoms with Crippen LogP contribution in [0.1, 0.15) is 24.3 Å². The van der Waals surface area contributed by atoms with E-state index >= 15 is 0 Å². The number of amides is 2. The molecule has 2 aromatic heterocycles. The molecule has 0 aliphatic carbocycles. The summed E-state index contributed by atoms with van der Waals surface area (Å²) in [6.07, 6.45) is 2.82. The molecule has 2 atom stereocenters. The molecule has 0 spiro atoms. The summed E-state index contributed by atoms with van der Waals surface area (Å²) < 4.78 is 16.8. The molecule has 3 aromatic rings. The molecule has 10 nitrogen and oxygen atoms in total. The number of aromatic nitrogens is 2. The number of benzene rings is 1. The van der Waals surface area contributed by atoms with E-state index in [1.165, 1.54) is 11.8 Å². The fourth-order valence-electron chi connectivity index (χ4n) is 4.96. The number of rotatable bonds is 8. The third kappa shape index (κ3) is 4.76. The minimum absolute atomic E-state index is 0.0314. The molecule has 1 saturated heterocycles. The summed E-state index contributed by atoms with van der Waals surface area (Å²) in [5, 5.41) is 6.35. The average molecular weight is 522 g/mol. The lowest BCUT2D eigenvalue weighted by Gasteiger charge is -2.20. The molecule has 1 fully saturated rings. The van der Waals surface area contributed by atoms with Gasteiger partial charge in [0.05, 0.1) is 43.4 Å². The van der Waals surface area contributed by atoms with Crippen LogP contribution in [0.5, 0.6) is 11.6 Å². The molecule has 0 saturated carbocycles. The van der Waals surface area contributed by atoms with E-state index < -0.39 is 0 Å². The number of thioether (sulfide) groups is 1. The minimum atomic E-state index is -0.358. The third-order valence-electron chi connectivity index (χ3n) is 6.84. The highest BCUT2D eigenvalue weighted by molar-refractivity contribution is 8.00. The molecule has 6 rings (SSSR count). The zero-order chi connectivity index (χ0) is 25.4. The van der Waals surface area contributed by atoms with Gasteiger partial charge in [-0.2, -0.15) is 0 Å². The molecule has 3 aliphatic rings. The van der Waals surface area contributed by atoms with Crippen molar-refractivity contribution in [2.75, 3.05) is 49.3 Å². The molecule has 3 aliphatic heterocycles. The Morgan fingerprint density at radius 3 is 3.00 bits per heavy atom. The fourth-order valence-corrected chi connectivity index (χ4v) is 5.75. The zero-order valence-corrected chi connectivity index (χ0v) is 21.2. The number of carbonyl (C=O) groups excluding carboxylic acids is 2. The van der Waals surface area contributed by atoms with E-state index in [0.29, 0.717) is 31.2 Å². The number of hydrogen-bond acceptors (Lipinski definition) is 9. The molecular weight excluding hydrogens is 494 g/mol. The summed E-state index contributed by atoms with van der Waals surface area (Å²) in [5.41, 5.74) is 4.22. The SMILES string of the molecule is COc1ccc2ncc3c(c2n1)[C@@H](CCNCCC1CN(c2ccc4c(c2)NC(=O)CS4)C(=O)O1)CO3. The molecule has 2 amide bonds. The Bertz CT molecular complexity index is 1370. The molecule has 0 radical (unpaired) electrons. The quantitative estimate of drug-likeness (QED) is 0.430. The topological polar surface area (TPSA) is 115 Å². The second-order valence-corrected chi connectivity index (χ2v) is 10.2. The molecule has 1 unspecified atom stereocenters. The van der Waals surface area contributed by atoms with Crippen LogP contribution in [0, 0.1) is 0 Å². The number of methoxy groups -OCH3 is 1. The summed E-state index contributed by atoms with van der Waals surface area (Å²) in [4.78, 5) is 35.9. The lowest BCUT2D eigenvalue weighted by atomic mass is 9.97. The number of ether oxygens (including phenoxy) is 3. The van der Waals surface area contributed by atoms with Crippen LogP contribution in [0.4, 0.5) is 16.2 Å². The van der Waals surface area contributed by atoms with Crippen LogP contribution >= 0.6 is 11.8 Å². The van der Waals surface area contributed by atoms with Gasteiger partial charge in [0.25, 0.3) is 0 Å². The molecular formula is C26H27N5O5S. The van der Waals surface area contributed by atoms with Crippen LogP contribution in [0.15, 0.2) is 41.4 Å². The molecule has 0 bridgehead atoms. The van der Waals surface area contributed by atoms with E-state index in [4.69, 9.17) is 14.2 Å². The van der Waals surface area contributed by atoms with E-state index in [1.807, 2.05) is 30.3 Å². The van der Waals surface area contributed by atoms with Gasteiger partial charge in [-0.25, -0.2) is 9.78 Å². The second kappa shape index (κ2) is 10.1. The summed E-state index contributed by atoms with van der Waals surface area (Å²) in [6.45, 7) is 2.61. The van der Waals surface area contributed by atoms with Gasteiger partial charge in [0.15, 0.2) is 0 Å². The van der Waals surface area contributed by atoms with Gasteiger partial charge < -0.3 is 24.8 Å². The van der Waals surface area contributed by atoms with Crippen molar-refractivity contribution < 1.29 is 23.8 Å². The molecule has 1 aromatic carbocycles. The van der Waals surface area contributed by atoms with E-state index in [0.717, 1.165) is 58.1 Å². The van der Waals surface area contributed by atoms with Gasteiger partial charge in [-0.1, -0.05) is 0 Å². The Morgan fingerprint density at radius 2 is 2.11 bits per heavy atom. The van der Waals surface area contributed by atoms with Crippen molar-refractivity contribution in [2.45, 2.75) is 29.8 Å². The smallest absolute Gasteiger partial charge is 0.414 e. The van der Waals surface area contributed by atoms with E-state index in [1.54, 1.807) is 18.2 Å². The highest BCUT2D eigenvalue weighted by Gasteiger charge is 2.33. The number of nitrogens with one attached hydrogen (secondary N) is 2. The Kier molecular flexibility index (Phi) is 6.47. The second-order valence-electron chi connectivity index (χ2n) is 9.23. The van der Waals surface area contributed by atoms with Crippen molar-refractivity contribution in [1.82, 2.24) is 15.3 Å². The minimum Gasteiger partial charge on any atom is -0.491 e. The summed E-state index contributed by atoms with van der Waals surface area (Å²) in [6, 6.07) is 9.41. The molecule has 5 heterocycles. The predicted molar refractivity (Wildman–Crippen MR) is 140 cm³/mol. The summed E-state index contributed by atoms with van der Waals surface area (Å²) in [7, 11) is 1.61. The zero-order valence-electron chi connectivity index (χ0n) is 20.4. The Labute approximate surface area is 218 Å². The normalized spacial score (nSPS) is 20.3. The lowest BCUT2D eigenvalue weighted by molar-refractivity contribution is -0.113. The van der Waals surface area contributed by atoms with Crippen molar-refractivity contribution in [3.05, 3.63) is 42.1 Å². The third-order valence-corrected chi connectivity index (χ3v) is 7.92. The van der Waals surface area contributed by atoms with E-state index in [9.17, 15) is 9.59 Å². The number of fused-ring (bicyclic) bond motifs is 4. The van der Waals surface area contributed by atoms with Crippen LogP contribution < -0.4 is 25.0 Å². The van der Waals surface area contributed by atoms with Crippen molar-refractivity contribution >= 4 is 46.2 Å². The lowest BCUT2D eigenvalue weighted by Crippen LogP contribution is -2.27. The van der Waals surface area contributed by atoms with Gasteiger partial charge in [0.1, 0.15) is 17.4 Å². The van der Waals surface area contributed by atoms with Crippen molar-refractivity contribution in [2.24, 2.45) is 0 Å². The van der Waals surface area contributed by atoms with Crippen molar-refractivity contribution in [1.29, 1.82) is 0 Å². The summed E-state index contributed by atoms with van der Waals surface area (Å²) in [5.74, 6) is 1.95. The highest BCUT2D eigenvalue weighted by atomic mass is 32.2. The van der Waals surface area contributed by atoms with Crippen LogP contribution in [-0.4, -0.2) is 67.2 Å². The first-order valence-electron chi connectivity index (χ1n) is 12.3. The Hall–Kier alpha value is -3.57. The maximum atomic E-state index is 12.5. The fraction of sp³-hybridized carbons (Fsp3) is 0.385. The van der Waals surface area contributed by atoms with Gasteiger partial charge in [0, 0.05) is 28.1 Å². The van der Waals surface area contributed by atoms with Crippen LogP contribution in [0.3, 0.4) is 0 Å². The number of carbonyl (C=O) groups is 2. The van der Waals surface area contributed by atoms with Crippen molar-refractivity contribution in [3.8, 4) is 11.6 Å². The maximum Gasteiger partial charge on any atom is 0.414 e. The van der Waals surface area contributed by atoms with Crippen LogP contribution in [0.2, 0.25) is 0 Å². The van der Waals surface area contributed by atoms with Crippen LogP contribution in [-0.2, 0) is 9.53 Å². The Morgan fingerprint density at radius 1 is 1.22 bits per heavy atom.